The van der Waals surface area contributed by atoms with Gasteiger partial charge in [-0.1, -0.05) is 23.9 Å². The van der Waals surface area contributed by atoms with Gasteiger partial charge in [0.25, 0.3) is 0 Å². The number of hydrogen-bond acceptors (Lipinski definition) is 7. The Bertz CT molecular complexity index is 630. The molecule has 1 heterocycles. The van der Waals surface area contributed by atoms with Gasteiger partial charge in [0.2, 0.25) is 5.91 Å². The third-order valence-corrected chi connectivity index (χ3v) is 3.76. The number of aliphatic carboxylic acids is 1. The van der Waals surface area contributed by atoms with E-state index in [1.807, 2.05) is 31.2 Å². The molecule has 0 radical (unpaired) electrons. The number of carbonyl (C=O) groups excluding carboxylic acids is 2. The number of carboxylic acid groups (broad SMARTS) is 1. The second-order valence-corrected chi connectivity index (χ2v) is 5.48. The number of amides is 1. The van der Waals surface area contributed by atoms with Crippen LogP contribution in [0.3, 0.4) is 0 Å². The van der Waals surface area contributed by atoms with Crippen LogP contribution in [0.4, 0.5) is 0 Å². The monoisotopic (exact) mass is 320 g/mol. The number of ether oxygens (including phenoxy) is 1. The average Bonchev–Trinajstić information content (AvgIpc) is 2.80. The molecule has 0 bridgehead atoms. The minimum Gasteiger partial charge on any atom is -0.550 e. The van der Waals surface area contributed by atoms with Gasteiger partial charge in [-0.3, -0.25) is 4.79 Å². The van der Waals surface area contributed by atoms with Crippen LogP contribution in [0.1, 0.15) is 18.9 Å². The molecule has 1 aliphatic rings. The SMILES string of the molecule is CCOc1ccccc1/C=N\N=C1\NC(=O)[C@H](CC(=O)[O-])S1. The molecule has 22 heavy (non-hydrogen) atoms. The van der Waals surface area contributed by atoms with Gasteiger partial charge in [0.15, 0.2) is 5.17 Å². The molecule has 0 aliphatic carbocycles. The highest BCUT2D eigenvalue weighted by Gasteiger charge is 2.30. The zero-order chi connectivity index (χ0) is 15.9. The van der Waals surface area contributed by atoms with E-state index in [9.17, 15) is 14.7 Å². The van der Waals surface area contributed by atoms with E-state index in [0.29, 0.717) is 12.4 Å². The fraction of sp³-hybridized carbons (Fsp3) is 0.286. The molecular formula is C14H14N3O4S-. The lowest BCUT2D eigenvalue weighted by atomic mass is 10.2. The fourth-order valence-corrected chi connectivity index (χ4v) is 2.66. The Morgan fingerprint density at radius 2 is 2.27 bits per heavy atom. The first-order chi connectivity index (χ1) is 10.6. The largest absolute Gasteiger partial charge is 0.550 e. The molecule has 7 nitrogen and oxygen atoms in total. The Balaban J connectivity index is 2.03. The maximum absolute atomic E-state index is 11.5. The zero-order valence-corrected chi connectivity index (χ0v) is 12.6. The highest BCUT2D eigenvalue weighted by molar-refractivity contribution is 8.15. The van der Waals surface area contributed by atoms with Crippen LogP contribution in [0, 0.1) is 0 Å². The topological polar surface area (TPSA) is 103 Å². The molecule has 1 saturated heterocycles. The van der Waals surface area contributed by atoms with Crippen molar-refractivity contribution in [2.45, 2.75) is 18.6 Å². The summed E-state index contributed by atoms with van der Waals surface area (Å²) in [6, 6.07) is 7.35. The minimum atomic E-state index is -1.27. The molecule has 0 unspecified atom stereocenters. The summed E-state index contributed by atoms with van der Waals surface area (Å²) in [6.45, 7) is 2.42. The van der Waals surface area contributed by atoms with Crippen LogP contribution in [-0.4, -0.2) is 35.1 Å². The van der Waals surface area contributed by atoms with Gasteiger partial charge >= 0.3 is 0 Å². The number of nitrogens with zero attached hydrogens (tertiary/aromatic N) is 2. The van der Waals surface area contributed by atoms with Gasteiger partial charge < -0.3 is 20.0 Å². The van der Waals surface area contributed by atoms with Crippen molar-refractivity contribution in [3.63, 3.8) is 0 Å². The molecule has 1 aromatic carbocycles. The lowest BCUT2D eigenvalue weighted by molar-refractivity contribution is -0.305. The Morgan fingerprint density at radius 3 is 3.00 bits per heavy atom. The van der Waals surface area contributed by atoms with Gasteiger partial charge in [0.05, 0.1) is 18.1 Å². The van der Waals surface area contributed by atoms with Gasteiger partial charge in [0.1, 0.15) is 5.75 Å². The third kappa shape index (κ3) is 4.32. The lowest BCUT2D eigenvalue weighted by Gasteiger charge is -2.05. The van der Waals surface area contributed by atoms with Crippen molar-refractivity contribution in [2.75, 3.05) is 6.61 Å². The number of rotatable bonds is 6. The van der Waals surface area contributed by atoms with E-state index in [1.54, 1.807) is 0 Å². The normalized spacial score (nSPS) is 19.6. The van der Waals surface area contributed by atoms with E-state index in [4.69, 9.17) is 4.74 Å². The summed E-state index contributed by atoms with van der Waals surface area (Å²) in [5.41, 5.74) is 0.759. The standard InChI is InChI=1S/C14H15N3O4S/c1-2-21-10-6-4-3-5-9(10)8-15-17-14-16-13(20)11(22-14)7-12(18)19/h3-6,8,11H,2,7H2,1H3,(H,18,19)(H,16,17,20)/p-1/b15-8-/t11-/m0/s1. The smallest absolute Gasteiger partial charge is 0.239 e. The van der Waals surface area contributed by atoms with Gasteiger partial charge in [-0.25, -0.2) is 0 Å². The molecule has 1 aliphatic heterocycles. The Labute approximate surface area is 131 Å². The summed E-state index contributed by atoms with van der Waals surface area (Å²) in [5.74, 6) is -0.993. The summed E-state index contributed by atoms with van der Waals surface area (Å²) in [7, 11) is 0. The molecule has 1 atom stereocenters. The molecule has 1 fully saturated rings. The van der Waals surface area contributed by atoms with Gasteiger partial charge in [0, 0.05) is 18.0 Å². The Hall–Kier alpha value is -2.35. The summed E-state index contributed by atoms with van der Waals surface area (Å²) in [6.07, 6.45) is 1.16. The molecular weight excluding hydrogens is 306 g/mol. The maximum atomic E-state index is 11.5. The third-order valence-electron chi connectivity index (χ3n) is 2.69. The second-order valence-electron chi connectivity index (χ2n) is 4.29. The van der Waals surface area contributed by atoms with Crippen LogP contribution in [0.5, 0.6) is 5.75 Å². The summed E-state index contributed by atoms with van der Waals surface area (Å²) in [4.78, 5) is 22.0. The Kier molecular flexibility index (Phi) is 5.54. The van der Waals surface area contributed by atoms with E-state index in [1.165, 1.54) is 6.21 Å². The minimum absolute atomic E-state index is 0.265. The number of carboxylic acids is 1. The van der Waals surface area contributed by atoms with E-state index in [2.05, 4.69) is 15.5 Å². The number of carbonyl (C=O) groups is 2. The molecule has 1 aromatic rings. The predicted molar refractivity (Wildman–Crippen MR) is 81.8 cm³/mol. The summed E-state index contributed by atoms with van der Waals surface area (Å²) >= 11 is 1.02. The van der Waals surface area contributed by atoms with Crippen LogP contribution in [0.25, 0.3) is 0 Å². The first-order valence-electron chi connectivity index (χ1n) is 6.60. The molecule has 1 N–H and O–H groups in total. The highest BCUT2D eigenvalue weighted by Crippen LogP contribution is 2.22. The van der Waals surface area contributed by atoms with Crippen molar-refractivity contribution in [2.24, 2.45) is 10.2 Å². The Morgan fingerprint density at radius 1 is 1.50 bits per heavy atom. The van der Waals surface area contributed by atoms with Crippen molar-refractivity contribution in [3.05, 3.63) is 29.8 Å². The quantitative estimate of drug-likeness (QED) is 0.593. The lowest BCUT2D eigenvalue weighted by Crippen LogP contribution is -2.31. The number of nitrogens with one attached hydrogen (secondary N) is 1. The maximum Gasteiger partial charge on any atom is 0.239 e. The molecule has 0 saturated carbocycles. The van der Waals surface area contributed by atoms with Gasteiger partial charge in [-0.2, -0.15) is 5.10 Å². The molecule has 116 valence electrons. The summed E-state index contributed by atoms with van der Waals surface area (Å²) < 4.78 is 5.45. The molecule has 8 heteroatoms. The number of para-hydroxylation sites is 1. The zero-order valence-electron chi connectivity index (χ0n) is 11.8. The molecule has 2 rings (SSSR count). The first-order valence-corrected chi connectivity index (χ1v) is 7.48. The molecule has 1 amide bonds. The molecule has 0 aromatic heterocycles. The number of amidine groups is 1. The number of thioether (sulfide) groups is 1. The first kappa shape index (κ1) is 16.0. The van der Waals surface area contributed by atoms with E-state index < -0.39 is 17.1 Å². The van der Waals surface area contributed by atoms with Crippen molar-refractivity contribution >= 4 is 35.0 Å². The highest BCUT2D eigenvalue weighted by atomic mass is 32.2. The van der Waals surface area contributed by atoms with Gasteiger partial charge in [-0.15, -0.1) is 5.10 Å². The van der Waals surface area contributed by atoms with Crippen LogP contribution >= 0.6 is 11.8 Å². The molecule has 0 spiro atoms. The van der Waals surface area contributed by atoms with Crippen LogP contribution in [0.2, 0.25) is 0 Å². The van der Waals surface area contributed by atoms with Crippen molar-refractivity contribution in [1.29, 1.82) is 0 Å². The summed E-state index contributed by atoms with van der Waals surface area (Å²) in [5, 5.41) is 20.3. The average molecular weight is 320 g/mol. The second kappa shape index (κ2) is 7.60. The van der Waals surface area contributed by atoms with Crippen molar-refractivity contribution in [3.8, 4) is 5.75 Å². The van der Waals surface area contributed by atoms with Crippen LogP contribution < -0.4 is 15.2 Å². The fourth-order valence-electron chi connectivity index (χ4n) is 1.76. The van der Waals surface area contributed by atoms with Gasteiger partial charge in [-0.05, 0) is 19.1 Å². The number of hydrogen-bond donors (Lipinski definition) is 1. The van der Waals surface area contributed by atoms with E-state index in [0.717, 1.165) is 17.3 Å². The van der Waals surface area contributed by atoms with Crippen molar-refractivity contribution in [1.82, 2.24) is 5.32 Å². The van der Waals surface area contributed by atoms with Crippen molar-refractivity contribution < 1.29 is 19.4 Å². The van der Waals surface area contributed by atoms with Crippen LogP contribution in [0.15, 0.2) is 34.5 Å². The van der Waals surface area contributed by atoms with E-state index in [-0.39, 0.29) is 11.6 Å². The van der Waals surface area contributed by atoms with Crippen LogP contribution in [-0.2, 0) is 9.59 Å². The number of benzene rings is 1. The van der Waals surface area contributed by atoms with E-state index >= 15 is 0 Å². The predicted octanol–water partition coefficient (Wildman–Crippen LogP) is 0.147.